The standard InChI is InChI=1S/C28H34N4O4/c1-16-25(28(34)32-20-8-6-19(7-9-20)31-17(2)33)27-26(30-16)23(12-13-29-27)22-11-10-21(35-3)14-24(22)36-15-18-4-5-18/h10-14,18-20,30H,4-9,15H2,1-3H3,(H,31,33)(H,32,34). The Kier molecular flexibility index (Phi) is 6.85. The van der Waals surface area contributed by atoms with Crippen molar-refractivity contribution in [2.24, 2.45) is 5.92 Å². The van der Waals surface area contributed by atoms with E-state index >= 15 is 0 Å². The van der Waals surface area contributed by atoms with Crippen LogP contribution in [0.5, 0.6) is 11.5 Å². The van der Waals surface area contributed by atoms with E-state index in [4.69, 9.17) is 9.47 Å². The van der Waals surface area contributed by atoms with Crippen LogP contribution in [0.25, 0.3) is 22.2 Å². The monoisotopic (exact) mass is 490 g/mol. The molecule has 2 aromatic heterocycles. The van der Waals surface area contributed by atoms with Gasteiger partial charge in [-0.3, -0.25) is 14.6 Å². The van der Waals surface area contributed by atoms with Gasteiger partial charge in [-0.15, -0.1) is 0 Å². The molecule has 8 nitrogen and oxygen atoms in total. The van der Waals surface area contributed by atoms with Gasteiger partial charge in [0, 0.05) is 48.1 Å². The predicted molar refractivity (Wildman–Crippen MR) is 138 cm³/mol. The zero-order valence-corrected chi connectivity index (χ0v) is 21.1. The van der Waals surface area contributed by atoms with E-state index in [9.17, 15) is 9.59 Å². The van der Waals surface area contributed by atoms with E-state index in [2.05, 4.69) is 20.6 Å². The van der Waals surface area contributed by atoms with Gasteiger partial charge in [-0.25, -0.2) is 0 Å². The minimum atomic E-state index is -0.119. The van der Waals surface area contributed by atoms with Crippen LogP contribution in [0, 0.1) is 12.8 Å². The molecule has 190 valence electrons. The van der Waals surface area contributed by atoms with Gasteiger partial charge >= 0.3 is 0 Å². The van der Waals surface area contributed by atoms with E-state index < -0.39 is 0 Å². The molecule has 2 fully saturated rings. The number of benzene rings is 1. The van der Waals surface area contributed by atoms with Crippen LogP contribution in [-0.4, -0.2) is 47.6 Å². The third-order valence-electron chi connectivity index (χ3n) is 7.22. The summed E-state index contributed by atoms with van der Waals surface area (Å²) in [4.78, 5) is 32.7. The van der Waals surface area contributed by atoms with Gasteiger partial charge in [-0.05, 0) is 69.6 Å². The van der Waals surface area contributed by atoms with Crippen molar-refractivity contribution in [3.05, 3.63) is 41.7 Å². The zero-order valence-electron chi connectivity index (χ0n) is 21.1. The fraction of sp³-hybridized carbons (Fsp3) is 0.464. The lowest BCUT2D eigenvalue weighted by atomic mass is 9.91. The molecule has 2 aliphatic carbocycles. The number of methoxy groups -OCH3 is 1. The maximum atomic E-state index is 13.4. The van der Waals surface area contributed by atoms with E-state index in [0.29, 0.717) is 23.6 Å². The lowest BCUT2D eigenvalue weighted by molar-refractivity contribution is -0.119. The molecular formula is C28H34N4O4. The average molecular weight is 491 g/mol. The summed E-state index contributed by atoms with van der Waals surface area (Å²) in [7, 11) is 1.65. The highest BCUT2D eigenvalue weighted by molar-refractivity contribution is 6.09. The van der Waals surface area contributed by atoms with Crippen molar-refractivity contribution in [3.8, 4) is 22.6 Å². The number of hydrogen-bond donors (Lipinski definition) is 3. The normalized spacial score (nSPS) is 19.6. The number of H-pyrrole nitrogens is 1. The summed E-state index contributed by atoms with van der Waals surface area (Å²) in [5.41, 5.74) is 4.70. The van der Waals surface area contributed by atoms with E-state index in [0.717, 1.165) is 59.5 Å². The van der Waals surface area contributed by atoms with Crippen molar-refractivity contribution in [1.29, 1.82) is 0 Å². The first-order valence-electron chi connectivity index (χ1n) is 12.8. The highest BCUT2D eigenvalue weighted by atomic mass is 16.5. The van der Waals surface area contributed by atoms with Gasteiger partial charge in [0.05, 0.1) is 24.8 Å². The summed E-state index contributed by atoms with van der Waals surface area (Å²) in [6.45, 7) is 4.14. The second-order valence-electron chi connectivity index (χ2n) is 10.0. The van der Waals surface area contributed by atoms with Gasteiger partial charge in [0.1, 0.15) is 17.0 Å². The summed E-state index contributed by atoms with van der Waals surface area (Å²) < 4.78 is 11.6. The lowest BCUT2D eigenvalue weighted by Gasteiger charge is -2.29. The molecule has 2 amide bonds. The molecule has 3 N–H and O–H groups in total. The Morgan fingerprint density at radius 1 is 1.03 bits per heavy atom. The van der Waals surface area contributed by atoms with Crippen molar-refractivity contribution in [2.45, 2.75) is 64.5 Å². The number of nitrogens with zero attached hydrogens (tertiary/aromatic N) is 1. The summed E-state index contributed by atoms with van der Waals surface area (Å²) in [5, 5.41) is 6.18. The van der Waals surface area contributed by atoms with Crippen molar-refractivity contribution in [3.63, 3.8) is 0 Å². The van der Waals surface area contributed by atoms with Crippen LogP contribution < -0.4 is 20.1 Å². The Labute approximate surface area is 211 Å². The van der Waals surface area contributed by atoms with Gasteiger partial charge in [0.15, 0.2) is 0 Å². The lowest BCUT2D eigenvalue weighted by Crippen LogP contribution is -2.43. The Bertz CT molecular complexity index is 1270. The summed E-state index contributed by atoms with van der Waals surface area (Å²) in [5.74, 6) is 2.01. The van der Waals surface area contributed by atoms with Crippen LogP contribution in [0.4, 0.5) is 0 Å². The number of amides is 2. The number of ether oxygens (including phenoxy) is 2. The number of aryl methyl sites for hydroxylation is 1. The Morgan fingerprint density at radius 3 is 2.42 bits per heavy atom. The molecule has 1 aromatic carbocycles. The largest absolute Gasteiger partial charge is 0.497 e. The third-order valence-corrected chi connectivity index (χ3v) is 7.22. The molecule has 3 aromatic rings. The molecule has 0 saturated heterocycles. The number of aromatic amines is 1. The Balaban J connectivity index is 1.40. The molecule has 0 radical (unpaired) electrons. The molecule has 2 heterocycles. The van der Waals surface area contributed by atoms with Crippen molar-refractivity contribution in [2.75, 3.05) is 13.7 Å². The van der Waals surface area contributed by atoms with Crippen LogP contribution in [0.2, 0.25) is 0 Å². The van der Waals surface area contributed by atoms with Gasteiger partial charge < -0.3 is 25.1 Å². The number of carbonyl (C=O) groups is 2. The Morgan fingerprint density at radius 2 is 1.75 bits per heavy atom. The third kappa shape index (κ3) is 5.17. The fourth-order valence-electron chi connectivity index (χ4n) is 5.10. The van der Waals surface area contributed by atoms with E-state index in [-0.39, 0.29) is 23.9 Å². The molecule has 2 saturated carbocycles. The number of rotatable bonds is 8. The summed E-state index contributed by atoms with van der Waals surface area (Å²) in [6.07, 6.45) is 7.57. The maximum absolute atomic E-state index is 13.4. The SMILES string of the molecule is COc1ccc(-c2ccnc3c(C(=O)NC4CCC(NC(C)=O)CC4)c(C)[nH]c23)c(OCC2CC2)c1. The Hall–Kier alpha value is -3.55. The number of hydrogen-bond acceptors (Lipinski definition) is 5. The van der Waals surface area contributed by atoms with Gasteiger partial charge in [0.25, 0.3) is 5.91 Å². The number of carbonyl (C=O) groups excluding carboxylic acids is 2. The molecule has 0 atom stereocenters. The molecule has 0 bridgehead atoms. The van der Waals surface area contributed by atoms with Crippen LogP contribution in [0.3, 0.4) is 0 Å². The molecule has 0 unspecified atom stereocenters. The summed E-state index contributed by atoms with van der Waals surface area (Å²) >= 11 is 0. The van der Waals surface area contributed by atoms with Crippen LogP contribution in [-0.2, 0) is 4.79 Å². The van der Waals surface area contributed by atoms with Crippen LogP contribution in [0.1, 0.15) is 61.5 Å². The maximum Gasteiger partial charge on any atom is 0.255 e. The fourth-order valence-corrected chi connectivity index (χ4v) is 5.10. The van der Waals surface area contributed by atoms with E-state index in [1.54, 1.807) is 20.2 Å². The topological polar surface area (TPSA) is 105 Å². The van der Waals surface area contributed by atoms with Gasteiger partial charge in [-0.1, -0.05) is 0 Å². The molecule has 8 heteroatoms. The quantitative estimate of drug-likeness (QED) is 0.431. The first-order valence-corrected chi connectivity index (χ1v) is 12.8. The van der Waals surface area contributed by atoms with Crippen LogP contribution in [0.15, 0.2) is 30.5 Å². The number of nitrogens with one attached hydrogen (secondary N) is 3. The first kappa shape index (κ1) is 24.2. The number of pyridine rings is 1. The number of fused-ring (bicyclic) bond motifs is 1. The molecule has 36 heavy (non-hydrogen) atoms. The van der Waals surface area contributed by atoms with E-state index in [1.165, 1.54) is 12.8 Å². The molecule has 0 aliphatic heterocycles. The van der Waals surface area contributed by atoms with Crippen molar-refractivity contribution >= 4 is 22.8 Å². The highest BCUT2D eigenvalue weighted by Gasteiger charge is 2.27. The second kappa shape index (κ2) is 10.2. The molecular weight excluding hydrogens is 456 g/mol. The van der Waals surface area contributed by atoms with Crippen molar-refractivity contribution < 1.29 is 19.1 Å². The minimum Gasteiger partial charge on any atom is -0.497 e. The van der Waals surface area contributed by atoms with Gasteiger partial charge in [-0.2, -0.15) is 0 Å². The zero-order chi connectivity index (χ0) is 25.2. The molecule has 5 rings (SSSR count). The van der Waals surface area contributed by atoms with Crippen molar-refractivity contribution in [1.82, 2.24) is 20.6 Å². The minimum absolute atomic E-state index is 0.00302. The summed E-state index contributed by atoms with van der Waals surface area (Å²) in [6, 6.07) is 8.07. The number of aromatic nitrogens is 2. The average Bonchev–Trinajstić information content (AvgIpc) is 3.63. The van der Waals surface area contributed by atoms with Crippen LogP contribution >= 0.6 is 0 Å². The first-order chi connectivity index (χ1) is 17.4. The second-order valence-corrected chi connectivity index (χ2v) is 10.0. The predicted octanol–water partition coefficient (Wildman–Crippen LogP) is 4.51. The molecule has 0 spiro atoms. The van der Waals surface area contributed by atoms with E-state index in [1.807, 2.05) is 31.2 Å². The van der Waals surface area contributed by atoms with Gasteiger partial charge in [0.2, 0.25) is 5.91 Å². The highest BCUT2D eigenvalue weighted by Crippen LogP contribution is 2.39. The molecule has 2 aliphatic rings. The smallest absolute Gasteiger partial charge is 0.255 e.